The van der Waals surface area contributed by atoms with E-state index in [0.717, 1.165) is 0 Å². The highest BCUT2D eigenvalue weighted by atomic mass is 16.4. The van der Waals surface area contributed by atoms with E-state index in [1.54, 1.807) is 31.2 Å². The highest BCUT2D eigenvalue weighted by Crippen LogP contribution is 2.19. The predicted molar refractivity (Wildman–Crippen MR) is 49.8 cm³/mol. The average molecular weight is 192 g/mol. The maximum Gasteiger partial charge on any atom is 0.433 e. The van der Waals surface area contributed by atoms with Gasteiger partial charge in [-0.1, -0.05) is 23.3 Å². The Kier molecular flexibility index (Phi) is 2.99. The minimum absolute atomic E-state index is 0.350. The molecule has 14 heavy (non-hydrogen) atoms. The molecule has 0 spiro atoms. The lowest BCUT2D eigenvalue weighted by atomic mass is 10.2. The zero-order valence-corrected chi connectivity index (χ0v) is 7.47. The topological polar surface area (TPSA) is 70.0 Å². The van der Waals surface area contributed by atoms with Crippen molar-refractivity contribution in [3.63, 3.8) is 0 Å². The second kappa shape index (κ2) is 4.20. The number of benzene rings is 1. The van der Waals surface area contributed by atoms with Crippen molar-refractivity contribution < 1.29 is 14.7 Å². The first kappa shape index (κ1) is 9.95. The molecule has 5 heteroatoms. The van der Waals surface area contributed by atoms with E-state index in [1.807, 2.05) is 0 Å². The predicted octanol–water partition coefficient (Wildman–Crippen LogP) is 1.73. The molecular weight excluding hydrogens is 184 g/mol. The van der Waals surface area contributed by atoms with Crippen molar-refractivity contribution in [2.24, 2.45) is 5.10 Å². The minimum atomic E-state index is -1.32. The number of carbonyl (C=O) groups excluding carboxylic acids is 1. The van der Waals surface area contributed by atoms with Crippen molar-refractivity contribution in [1.82, 2.24) is 0 Å². The van der Waals surface area contributed by atoms with Gasteiger partial charge in [-0.25, -0.2) is 9.59 Å². The Bertz CT molecular complexity index is 395. The fraction of sp³-hybridized carbons (Fsp3) is 0.111. The molecule has 0 aromatic heterocycles. The van der Waals surface area contributed by atoms with Gasteiger partial charge in [-0.3, -0.25) is 0 Å². The van der Waals surface area contributed by atoms with Crippen LogP contribution in [-0.4, -0.2) is 17.3 Å². The third kappa shape index (κ3) is 1.97. The zero-order valence-electron chi connectivity index (χ0n) is 7.47. The van der Waals surface area contributed by atoms with Crippen molar-refractivity contribution in [2.75, 3.05) is 5.01 Å². The number of hydrogen-bond acceptors (Lipinski definition) is 3. The Morgan fingerprint density at radius 1 is 1.50 bits per heavy atom. The molecule has 1 amide bonds. The number of carboxylic acid groups (broad SMARTS) is 1. The third-order valence-corrected chi connectivity index (χ3v) is 1.67. The second-order valence-corrected chi connectivity index (χ2v) is 2.57. The van der Waals surface area contributed by atoms with Crippen molar-refractivity contribution >= 4 is 17.9 Å². The summed E-state index contributed by atoms with van der Waals surface area (Å²) in [5, 5.41) is 12.4. The molecule has 0 saturated heterocycles. The van der Waals surface area contributed by atoms with E-state index in [0.29, 0.717) is 16.3 Å². The quantitative estimate of drug-likeness (QED) is 0.440. The van der Waals surface area contributed by atoms with Crippen LogP contribution in [0.1, 0.15) is 5.56 Å². The lowest BCUT2D eigenvalue weighted by Crippen LogP contribution is -2.23. The normalized spacial score (nSPS) is 8.93. The molecule has 72 valence electrons. The van der Waals surface area contributed by atoms with Crippen LogP contribution in [0.3, 0.4) is 0 Å². The number of hydrogen-bond donors (Lipinski definition) is 1. The molecular formula is C9H8N2O3. The van der Waals surface area contributed by atoms with E-state index in [9.17, 15) is 9.59 Å². The van der Waals surface area contributed by atoms with Gasteiger partial charge in [0.1, 0.15) is 0 Å². The number of isocyanates is 1. The van der Waals surface area contributed by atoms with Crippen molar-refractivity contribution in [3.05, 3.63) is 29.8 Å². The van der Waals surface area contributed by atoms with E-state index in [2.05, 4.69) is 5.10 Å². The largest absolute Gasteiger partial charge is 0.463 e. The zero-order chi connectivity index (χ0) is 10.6. The number of aryl methyl sites for hydroxylation is 1. The number of amides is 1. The number of para-hydroxylation sites is 1. The standard InChI is InChI=1S/C9H8N2O3/c1-7-4-2-3-5-8(7)11(9(13)14)10-6-12/h2-5H,1H3,(H,13,14). The highest BCUT2D eigenvalue weighted by Gasteiger charge is 2.14. The number of nitrogens with zero attached hydrogens (tertiary/aromatic N) is 2. The molecule has 0 heterocycles. The van der Waals surface area contributed by atoms with E-state index in [1.165, 1.54) is 6.08 Å². The lowest BCUT2D eigenvalue weighted by molar-refractivity contribution is 0.202. The summed E-state index contributed by atoms with van der Waals surface area (Å²) in [6, 6.07) is 6.72. The summed E-state index contributed by atoms with van der Waals surface area (Å²) < 4.78 is 0. The van der Waals surface area contributed by atoms with Gasteiger partial charge in [0.05, 0.1) is 5.69 Å². The van der Waals surface area contributed by atoms with Crippen LogP contribution >= 0.6 is 0 Å². The second-order valence-electron chi connectivity index (χ2n) is 2.57. The Morgan fingerprint density at radius 2 is 2.14 bits per heavy atom. The Hall–Kier alpha value is -2.13. The number of hydrazone groups is 1. The molecule has 0 atom stereocenters. The van der Waals surface area contributed by atoms with Crippen LogP contribution in [0.25, 0.3) is 0 Å². The van der Waals surface area contributed by atoms with Crippen LogP contribution in [0.15, 0.2) is 29.4 Å². The van der Waals surface area contributed by atoms with E-state index < -0.39 is 6.09 Å². The van der Waals surface area contributed by atoms with E-state index in [4.69, 9.17) is 5.11 Å². The van der Waals surface area contributed by atoms with Crippen LogP contribution in [-0.2, 0) is 4.79 Å². The molecule has 0 bridgehead atoms. The Labute approximate surface area is 80.3 Å². The van der Waals surface area contributed by atoms with Gasteiger partial charge in [0.15, 0.2) is 0 Å². The van der Waals surface area contributed by atoms with E-state index in [-0.39, 0.29) is 0 Å². The van der Waals surface area contributed by atoms with E-state index >= 15 is 0 Å². The van der Waals surface area contributed by atoms with Crippen LogP contribution in [0.5, 0.6) is 0 Å². The number of carbonyl (C=O) groups is 1. The number of rotatable bonds is 2. The van der Waals surface area contributed by atoms with Crippen molar-refractivity contribution in [2.45, 2.75) is 6.92 Å². The Balaban J connectivity index is 3.18. The molecule has 0 saturated carbocycles. The Morgan fingerprint density at radius 3 is 2.64 bits per heavy atom. The fourth-order valence-electron chi connectivity index (χ4n) is 1.04. The highest BCUT2D eigenvalue weighted by molar-refractivity contribution is 5.87. The smallest absolute Gasteiger partial charge is 0.433 e. The summed E-state index contributed by atoms with van der Waals surface area (Å²) in [6.07, 6.45) is -0.122. The first-order chi connectivity index (χ1) is 6.66. The lowest BCUT2D eigenvalue weighted by Gasteiger charge is -2.12. The third-order valence-electron chi connectivity index (χ3n) is 1.67. The average Bonchev–Trinajstić information content (AvgIpc) is 2.15. The van der Waals surface area contributed by atoms with Crippen LogP contribution < -0.4 is 5.01 Å². The molecule has 0 unspecified atom stereocenters. The number of anilines is 1. The first-order valence-corrected chi connectivity index (χ1v) is 3.83. The van der Waals surface area contributed by atoms with Gasteiger partial charge in [-0.15, -0.1) is 0 Å². The fourth-order valence-corrected chi connectivity index (χ4v) is 1.04. The van der Waals surface area contributed by atoms with Crippen molar-refractivity contribution in [3.8, 4) is 0 Å². The summed E-state index contributed by atoms with van der Waals surface area (Å²) in [4.78, 5) is 20.7. The van der Waals surface area contributed by atoms with Crippen LogP contribution in [0.2, 0.25) is 0 Å². The summed E-state index contributed by atoms with van der Waals surface area (Å²) in [7, 11) is 0. The van der Waals surface area contributed by atoms with Gasteiger partial charge in [-0.2, -0.15) is 5.01 Å². The molecule has 1 aromatic rings. The molecule has 5 nitrogen and oxygen atoms in total. The molecule has 0 aliphatic heterocycles. The summed E-state index contributed by atoms with van der Waals surface area (Å²) >= 11 is 0. The molecule has 0 fully saturated rings. The monoisotopic (exact) mass is 192 g/mol. The molecule has 1 rings (SSSR count). The SMILES string of the molecule is Cc1ccccc1N(N=C=O)C(=O)O. The summed E-state index contributed by atoms with van der Waals surface area (Å²) in [5.74, 6) is 0. The van der Waals surface area contributed by atoms with Gasteiger partial charge in [-0.05, 0) is 18.6 Å². The van der Waals surface area contributed by atoms with Gasteiger partial charge in [0.2, 0.25) is 0 Å². The van der Waals surface area contributed by atoms with Crippen LogP contribution in [0.4, 0.5) is 10.5 Å². The van der Waals surface area contributed by atoms with Gasteiger partial charge in [0, 0.05) is 0 Å². The molecule has 1 aromatic carbocycles. The summed E-state index contributed by atoms with van der Waals surface area (Å²) in [5.41, 5.74) is 1.07. The van der Waals surface area contributed by atoms with Crippen LogP contribution in [0, 0.1) is 6.92 Å². The maximum atomic E-state index is 10.7. The molecule has 0 aliphatic rings. The van der Waals surface area contributed by atoms with Gasteiger partial charge >= 0.3 is 6.09 Å². The minimum Gasteiger partial charge on any atom is -0.463 e. The molecule has 0 aliphatic carbocycles. The van der Waals surface area contributed by atoms with Gasteiger partial charge in [0.25, 0.3) is 6.08 Å². The molecule has 0 radical (unpaired) electrons. The van der Waals surface area contributed by atoms with Gasteiger partial charge < -0.3 is 5.11 Å². The first-order valence-electron chi connectivity index (χ1n) is 3.83. The maximum absolute atomic E-state index is 10.7. The summed E-state index contributed by atoms with van der Waals surface area (Å²) in [6.45, 7) is 1.73. The van der Waals surface area contributed by atoms with Crippen molar-refractivity contribution in [1.29, 1.82) is 0 Å². The molecule has 1 N–H and O–H groups in total.